The Kier molecular flexibility index (Phi) is 3.42. The molecule has 1 aliphatic heterocycles. The van der Waals surface area contributed by atoms with Crippen LogP contribution in [0.3, 0.4) is 0 Å². The number of fused-ring (bicyclic) bond motifs is 3. The largest absolute Gasteiger partial charge is 0.338 e. The summed E-state index contributed by atoms with van der Waals surface area (Å²) in [5.41, 5.74) is 4.17. The predicted molar refractivity (Wildman–Crippen MR) is 94.6 cm³/mol. The molecule has 2 nitrogen and oxygen atoms in total. The number of hydrogen-bond acceptors (Lipinski definition) is 1. The molecule has 1 saturated heterocycles. The lowest BCUT2D eigenvalue weighted by Gasteiger charge is -2.12. The molecule has 0 radical (unpaired) electrons. The summed E-state index contributed by atoms with van der Waals surface area (Å²) >= 11 is 0. The molecule has 1 fully saturated rings. The minimum Gasteiger partial charge on any atom is -0.338 e. The van der Waals surface area contributed by atoms with Crippen molar-refractivity contribution in [3.63, 3.8) is 0 Å². The second-order valence-corrected chi connectivity index (χ2v) is 6.83. The van der Waals surface area contributed by atoms with Crippen LogP contribution >= 0.6 is 0 Å². The third-order valence-electron chi connectivity index (χ3n) is 4.94. The predicted octanol–water partition coefficient (Wildman–Crippen LogP) is 4.67. The van der Waals surface area contributed by atoms with Crippen LogP contribution in [-0.2, 0) is 6.42 Å². The van der Waals surface area contributed by atoms with E-state index >= 15 is 0 Å². The summed E-state index contributed by atoms with van der Waals surface area (Å²) in [5, 5.41) is 6.39. The van der Waals surface area contributed by atoms with Crippen molar-refractivity contribution in [1.82, 2.24) is 9.88 Å². The molecule has 3 aromatic rings. The molecule has 2 aromatic carbocycles. The van der Waals surface area contributed by atoms with E-state index in [0.717, 1.165) is 6.42 Å². The van der Waals surface area contributed by atoms with Gasteiger partial charge in [0.1, 0.15) is 0 Å². The van der Waals surface area contributed by atoms with Gasteiger partial charge in [-0.05, 0) is 63.4 Å². The lowest BCUT2D eigenvalue weighted by atomic mass is 10.0. The van der Waals surface area contributed by atoms with Crippen molar-refractivity contribution in [1.29, 1.82) is 0 Å². The molecular formula is C20H24N2. The first-order chi connectivity index (χ1) is 10.7. The molecule has 1 unspecified atom stereocenters. The third kappa shape index (κ3) is 2.22. The molecule has 0 bridgehead atoms. The molecule has 1 aliphatic rings. The fourth-order valence-corrected chi connectivity index (χ4v) is 3.95. The first kappa shape index (κ1) is 13.8. The fourth-order valence-electron chi connectivity index (χ4n) is 3.95. The summed E-state index contributed by atoms with van der Waals surface area (Å²) in [5.74, 6) is 0. The van der Waals surface area contributed by atoms with Gasteiger partial charge >= 0.3 is 0 Å². The Labute approximate surface area is 132 Å². The SMILES string of the molecule is CC(C)n1c2ccccc2c2cc(CC3CCCN3)ccc21. The number of nitrogens with zero attached hydrogens (tertiary/aromatic N) is 1. The Balaban J connectivity index is 1.86. The van der Waals surface area contributed by atoms with Gasteiger partial charge in [-0.1, -0.05) is 24.3 Å². The first-order valence-electron chi connectivity index (χ1n) is 8.49. The van der Waals surface area contributed by atoms with Gasteiger partial charge in [0.25, 0.3) is 0 Å². The van der Waals surface area contributed by atoms with Gasteiger partial charge in [0.2, 0.25) is 0 Å². The van der Waals surface area contributed by atoms with Gasteiger partial charge < -0.3 is 9.88 Å². The highest BCUT2D eigenvalue weighted by atomic mass is 15.0. The van der Waals surface area contributed by atoms with Crippen LogP contribution in [0.2, 0.25) is 0 Å². The average Bonchev–Trinajstić information content (AvgIpc) is 3.12. The van der Waals surface area contributed by atoms with Crippen LogP contribution in [0.5, 0.6) is 0 Å². The van der Waals surface area contributed by atoms with Crippen LogP contribution in [0, 0.1) is 0 Å². The van der Waals surface area contributed by atoms with Crippen molar-refractivity contribution in [2.45, 2.75) is 45.2 Å². The molecule has 0 amide bonds. The van der Waals surface area contributed by atoms with Crippen molar-refractivity contribution < 1.29 is 0 Å². The standard InChI is InChI=1S/C20H24N2/c1-14(2)22-19-8-4-3-7-17(19)18-13-15(9-10-20(18)22)12-16-6-5-11-21-16/h3-4,7-10,13-14,16,21H,5-6,11-12H2,1-2H3. The van der Waals surface area contributed by atoms with Gasteiger partial charge in [0, 0.05) is 33.9 Å². The summed E-state index contributed by atoms with van der Waals surface area (Å²) in [6, 6.07) is 17.0. The maximum atomic E-state index is 3.61. The second-order valence-electron chi connectivity index (χ2n) is 6.83. The Bertz CT molecular complexity index is 807. The molecule has 1 aromatic heterocycles. The number of hydrogen-bond donors (Lipinski definition) is 1. The smallest absolute Gasteiger partial charge is 0.0493 e. The minimum absolute atomic E-state index is 0.477. The highest BCUT2D eigenvalue weighted by Crippen LogP contribution is 2.32. The van der Waals surface area contributed by atoms with E-state index in [1.807, 2.05) is 0 Å². The van der Waals surface area contributed by atoms with E-state index in [2.05, 4.69) is 66.2 Å². The van der Waals surface area contributed by atoms with E-state index in [1.54, 1.807) is 0 Å². The van der Waals surface area contributed by atoms with Crippen molar-refractivity contribution in [3.8, 4) is 0 Å². The molecule has 114 valence electrons. The Morgan fingerprint density at radius 3 is 2.68 bits per heavy atom. The van der Waals surface area contributed by atoms with Gasteiger partial charge in [0.05, 0.1) is 0 Å². The second kappa shape index (κ2) is 5.44. The van der Waals surface area contributed by atoms with Crippen molar-refractivity contribution in [2.24, 2.45) is 0 Å². The molecular weight excluding hydrogens is 268 g/mol. The lowest BCUT2D eigenvalue weighted by Crippen LogP contribution is -2.23. The molecule has 22 heavy (non-hydrogen) atoms. The van der Waals surface area contributed by atoms with Crippen LogP contribution in [0.15, 0.2) is 42.5 Å². The molecule has 1 atom stereocenters. The maximum Gasteiger partial charge on any atom is 0.0493 e. The number of benzene rings is 2. The maximum absolute atomic E-state index is 3.61. The highest BCUT2D eigenvalue weighted by molar-refractivity contribution is 6.08. The molecule has 0 aliphatic carbocycles. The minimum atomic E-state index is 0.477. The molecule has 0 saturated carbocycles. The van der Waals surface area contributed by atoms with Gasteiger partial charge in [-0.15, -0.1) is 0 Å². The zero-order valence-corrected chi connectivity index (χ0v) is 13.5. The number of aromatic nitrogens is 1. The summed E-state index contributed by atoms with van der Waals surface area (Å²) in [4.78, 5) is 0. The van der Waals surface area contributed by atoms with Crippen LogP contribution < -0.4 is 5.32 Å². The van der Waals surface area contributed by atoms with E-state index in [1.165, 1.54) is 46.8 Å². The summed E-state index contributed by atoms with van der Waals surface area (Å²) in [6.07, 6.45) is 3.78. The van der Waals surface area contributed by atoms with Crippen molar-refractivity contribution in [2.75, 3.05) is 6.54 Å². The van der Waals surface area contributed by atoms with Crippen LogP contribution in [-0.4, -0.2) is 17.2 Å². The van der Waals surface area contributed by atoms with Crippen molar-refractivity contribution >= 4 is 21.8 Å². The molecule has 2 heterocycles. The fraction of sp³-hybridized carbons (Fsp3) is 0.400. The number of para-hydroxylation sites is 1. The molecule has 4 rings (SSSR count). The molecule has 2 heteroatoms. The monoisotopic (exact) mass is 292 g/mol. The Morgan fingerprint density at radius 1 is 1.09 bits per heavy atom. The zero-order chi connectivity index (χ0) is 15.1. The average molecular weight is 292 g/mol. The van der Waals surface area contributed by atoms with Crippen LogP contribution in [0.1, 0.15) is 38.3 Å². The first-order valence-corrected chi connectivity index (χ1v) is 8.49. The quantitative estimate of drug-likeness (QED) is 0.742. The summed E-state index contributed by atoms with van der Waals surface area (Å²) < 4.78 is 2.46. The van der Waals surface area contributed by atoms with E-state index in [0.29, 0.717) is 12.1 Å². The van der Waals surface area contributed by atoms with Crippen LogP contribution in [0.25, 0.3) is 21.8 Å². The zero-order valence-electron chi connectivity index (χ0n) is 13.5. The van der Waals surface area contributed by atoms with E-state index < -0.39 is 0 Å². The van der Waals surface area contributed by atoms with Gasteiger partial charge in [-0.2, -0.15) is 0 Å². The van der Waals surface area contributed by atoms with Crippen LogP contribution in [0.4, 0.5) is 0 Å². The third-order valence-corrected chi connectivity index (χ3v) is 4.94. The molecule has 0 spiro atoms. The normalized spacial score (nSPS) is 18.8. The topological polar surface area (TPSA) is 17.0 Å². The highest BCUT2D eigenvalue weighted by Gasteiger charge is 2.16. The van der Waals surface area contributed by atoms with Gasteiger partial charge in [-0.25, -0.2) is 0 Å². The van der Waals surface area contributed by atoms with E-state index in [4.69, 9.17) is 0 Å². The van der Waals surface area contributed by atoms with Gasteiger partial charge in [-0.3, -0.25) is 0 Å². The lowest BCUT2D eigenvalue weighted by molar-refractivity contribution is 0.603. The number of nitrogens with one attached hydrogen (secondary N) is 1. The van der Waals surface area contributed by atoms with Crippen molar-refractivity contribution in [3.05, 3.63) is 48.0 Å². The Morgan fingerprint density at radius 2 is 1.91 bits per heavy atom. The van der Waals surface area contributed by atoms with E-state index in [-0.39, 0.29) is 0 Å². The summed E-state index contributed by atoms with van der Waals surface area (Å²) in [6.45, 7) is 5.71. The van der Waals surface area contributed by atoms with Gasteiger partial charge in [0.15, 0.2) is 0 Å². The Hall–Kier alpha value is -1.80. The number of rotatable bonds is 3. The summed E-state index contributed by atoms with van der Waals surface area (Å²) in [7, 11) is 0. The van der Waals surface area contributed by atoms with E-state index in [9.17, 15) is 0 Å². The molecule has 1 N–H and O–H groups in total.